The molecule has 2 rings (SSSR count). The Morgan fingerprint density at radius 1 is 1.32 bits per heavy atom. The molecule has 1 N–H and O–H groups in total. The number of alkyl halides is 3. The molecule has 1 aromatic rings. The van der Waals surface area contributed by atoms with Crippen LogP contribution in [0.2, 0.25) is 0 Å². The number of carbonyl (C=O) groups excluding carboxylic acids is 1. The lowest BCUT2D eigenvalue weighted by Crippen LogP contribution is -2.46. The highest BCUT2D eigenvalue weighted by Gasteiger charge is 2.40. The van der Waals surface area contributed by atoms with Gasteiger partial charge in [-0.2, -0.15) is 13.2 Å². The minimum Gasteiger partial charge on any atom is -0.378 e. The van der Waals surface area contributed by atoms with E-state index in [4.69, 9.17) is 4.74 Å². The molecule has 1 amide bonds. The van der Waals surface area contributed by atoms with Crippen LogP contribution in [0.1, 0.15) is 31.2 Å². The monoisotopic (exact) mass is 315 g/mol. The van der Waals surface area contributed by atoms with Crippen molar-refractivity contribution >= 4 is 5.91 Å². The average molecular weight is 315 g/mol. The van der Waals surface area contributed by atoms with Gasteiger partial charge in [0.1, 0.15) is 6.04 Å². The zero-order valence-corrected chi connectivity index (χ0v) is 12.2. The maximum absolute atomic E-state index is 13.1. The molecule has 3 nitrogen and oxygen atoms in total. The van der Waals surface area contributed by atoms with E-state index in [1.165, 1.54) is 0 Å². The summed E-state index contributed by atoms with van der Waals surface area (Å²) in [7, 11) is 0. The van der Waals surface area contributed by atoms with Crippen molar-refractivity contribution in [1.29, 1.82) is 0 Å². The van der Waals surface area contributed by atoms with E-state index >= 15 is 0 Å². The molecule has 2 atom stereocenters. The van der Waals surface area contributed by atoms with Gasteiger partial charge < -0.3 is 10.1 Å². The number of halogens is 3. The number of carbonyl (C=O) groups is 1. The highest BCUT2D eigenvalue weighted by molar-refractivity contribution is 5.76. The first-order valence-electron chi connectivity index (χ1n) is 7.47. The van der Waals surface area contributed by atoms with Crippen molar-refractivity contribution in [3.05, 3.63) is 35.9 Å². The van der Waals surface area contributed by atoms with Crippen LogP contribution in [-0.4, -0.2) is 30.8 Å². The Kier molecular flexibility index (Phi) is 5.83. The number of hydrogen-bond donors (Lipinski definition) is 1. The summed E-state index contributed by atoms with van der Waals surface area (Å²) in [5.41, 5.74) is 0.546. The standard InChI is InChI=1S/C16H20F3NO2/c17-16(18,19)14(11-12-5-2-1-3-6-12)20-15(21)9-8-13-7-4-10-22-13/h1-3,5-6,13-14H,4,7-11H2,(H,20,21)/t13-,14+/m1/s1. The van der Waals surface area contributed by atoms with Gasteiger partial charge >= 0.3 is 6.18 Å². The van der Waals surface area contributed by atoms with Crippen LogP contribution >= 0.6 is 0 Å². The molecular weight excluding hydrogens is 295 g/mol. The lowest BCUT2D eigenvalue weighted by atomic mass is 10.0. The molecule has 0 bridgehead atoms. The summed E-state index contributed by atoms with van der Waals surface area (Å²) >= 11 is 0. The molecule has 1 aliphatic rings. The third kappa shape index (κ3) is 5.33. The number of hydrogen-bond acceptors (Lipinski definition) is 2. The van der Waals surface area contributed by atoms with Crippen LogP contribution in [0.5, 0.6) is 0 Å². The van der Waals surface area contributed by atoms with E-state index in [1.54, 1.807) is 30.3 Å². The second-order valence-corrected chi connectivity index (χ2v) is 5.53. The number of amides is 1. The van der Waals surface area contributed by atoms with Crippen LogP contribution in [0.4, 0.5) is 13.2 Å². The van der Waals surface area contributed by atoms with Crippen LogP contribution in [0, 0.1) is 0 Å². The fourth-order valence-corrected chi connectivity index (χ4v) is 2.53. The SMILES string of the molecule is O=C(CC[C@H]1CCCO1)N[C@@H](Cc1ccccc1)C(F)(F)F. The van der Waals surface area contributed by atoms with Crippen molar-refractivity contribution in [2.45, 2.75) is 50.4 Å². The summed E-state index contributed by atoms with van der Waals surface area (Å²) in [5.74, 6) is -0.575. The Hall–Kier alpha value is -1.56. The van der Waals surface area contributed by atoms with Gasteiger partial charge in [-0.05, 0) is 24.8 Å². The molecule has 0 aliphatic carbocycles. The minimum absolute atomic E-state index is 0.00390. The zero-order valence-electron chi connectivity index (χ0n) is 12.2. The van der Waals surface area contributed by atoms with Gasteiger partial charge in [0, 0.05) is 19.4 Å². The van der Waals surface area contributed by atoms with Gasteiger partial charge in [0.05, 0.1) is 6.10 Å². The molecule has 1 aromatic carbocycles. The summed E-state index contributed by atoms with van der Waals surface area (Å²) in [6.45, 7) is 0.672. The fourth-order valence-electron chi connectivity index (χ4n) is 2.53. The largest absolute Gasteiger partial charge is 0.408 e. The second kappa shape index (κ2) is 7.63. The van der Waals surface area contributed by atoms with Gasteiger partial charge in [-0.25, -0.2) is 0 Å². The van der Waals surface area contributed by atoms with Crippen molar-refractivity contribution in [3.63, 3.8) is 0 Å². The van der Waals surface area contributed by atoms with Gasteiger partial charge in [-0.1, -0.05) is 30.3 Å². The Bertz CT molecular complexity index is 470. The van der Waals surface area contributed by atoms with Crippen molar-refractivity contribution < 1.29 is 22.7 Å². The van der Waals surface area contributed by atoms with Gasteiger partial charge in [0.15, 0.2) is 0 Å². The van der Waals surface area contributed by atoms with Gasteiger partial charge in [-0.15, -0.1) is 0 Å². The van der Waals surface area contributed by atoms with Crippen LogP contribution < -0.4 is 5.32 Å². The number of rotatable bonds is 6. The Morgan fingerprint density at radius 2 is 2.05 bits per heavy atom. The molecule has 1 saturated heterocycles. The molecule has 1 heterocycles. The quantitative estimate of drug-likeness (QED) is 0.875. The summed E-state index contributed by atoms with van der Waals surface area (Å²) in [5, 5.41) is 2.11. The molecule has 0 saturated carbocycles. The minimum atomic E-state index is -4.46. The number of nitrogens with one attached hydrogen (secondary N) is 1. The highest BCUT2D eigenvalue weighted by Crippen LogP contribution is 2.24. The summed E-state index contributed by atoms with van der Waals surface area (Å²) in [6, 6.07) is 6.50. The van der Waals surface area contributed by atoms with Crippen LogP contribution in [0.3, 0.4) is 0 Å². The molecule has 1 aliphatic heterocycles. The van der Waals surface area contributed by atoms with E-state index < -0.39 is 18.1 Å². The van der Waals surface area contributed by atoms with Crippen LogP contribution in [0.25, 0.3) is 0 Å². The van der Waals surface area contributed by atoms with E-state index in [-0.39, 0.29) is 18.9 Å². The van der Waals surface area contributed by atoms with E-state index in [0.29, 0.717) is 18.6 Å². The molecule has 1 fully saturated rings. The first kappa shape index (κ1) is 16.8. The Morgan fingerprint density at radius 3 is 2.64 bits per heavy atom. The third-order valence-corrected chi connectivity index (χ3v) is 3.73. The summed E-state index contributed by atoms with van der Waals surface area (Å²) in [4.78, 5) is 11.8. The van der Waals surface area contributed by atoms with Crippen molar-refractivity contribution in [2.75, 3.05) is 6.61 Å². The predicted octanol–water partition coefficient (Wildman–Crippen LogP) is 3.24. The van der Waals surface area contributed by atoms with Crippen molar-refractivity contribution in [3.8, 4) is 0 Å². The maximum Gasteiger partial charge on any atom is 0.408 e. The van der Waals surface area contributed by atoms with Crippen molar-refractivity contribution in [1.82, 2.24) is 5.32 Å². The Balaban J connectivity index is 1.87. The first-order chi connectivity index (χ1) is 10.4. The third-order valence-electron chi connectivity index (χ3n) is 3.73. The highest BCUT2D eigenvalue weighted by atomic mass is 19.4. The number of benzene rings is 1. The molecule has 122 valence electrons. The molecule has 0 spiro atoms. The van der Waals surface area contributed by atoms with E-state index in [1.807, 2.05) is 0 Å². The van der Waals surface area contributed by atoms with E-state index in [2.05, 4.69) is 5.32 Å². The second-order valence-electron chi connectivity index (χ2n) is 5.53. The average Bonchev–Trinajstić information content (AvgIpc) is 2.98. The topological polar surface area (TPSA) is 38.3 Å². The zero-order chi connectivity index (χ0) is 16.0. The molecule has 22 heavy (non-hydrogen) atoms. The van der Waals surface area contributed by atoms with E-state index in [0.717, 1.165) is 12.8 Å². The summed E-state index contributed by atoms with van der Waals surface area (Å²) in [6.07, 6.45) is -2.35. The molecule has 6 heteroatoms. The summed E-state index contributed by atoms with van der Waals surface area (Å²) < 4.78 is 44.6. The molecular formula is C16H20F3NO2. The molecule has 0 radical (unpaired) electrons. The lowest BCUT2D eigenvalue weighted by molar-refractivity contribution is -0.161. The molecule has 0 unspecified atom stereocenters. The fraction of sp³-hybridized carbons (Fsp3) is 0.562. The molecule has 0 aromatic heterocycles. The van der Waals surface area contributed by atoms with Crippen LogP contribution in [-0.2, 0) is 16.0 Å². The van der Waals surface area contributed by atoms with Gasteiger partial charge in [0.25, 0.3) is 0 Å². The van der Waals surface area contributed by atoms with Gasteiger partial charge in [0.2, 0.25) is 5.91 Å². The Labute approximate surface area is 127 Å². The smallest absolute Gasteiger partial charge is 0.378 e. The lowest BCUT2D eigenvalue weighted by Gasteiger charge is -2.22. The van der Waals surface area contributed by atoms with Crippen molar-refractivity contribution in [2.24, 2.45) is 0 Å². The van der Waals surface area contributed by atoms with E-state index in [9.17, 15) is 18.0 Å². The van der Waals surface area contributed by atoms with Gasteiger partial charge in [-0.3, -0.25) is 4.79 Å². The number of ether oxygens (including phenoxy) is 1. The van der Waals surface area contributed by atoms with Crippen LogP contribution in [0.15, 0.2) is 30.3 Å². The first-order valence-corrected chi connectivity index (χ1v) is 7.47. The predicted molar refractivity (Wildman–Crippen MR) is 76.3 cm³/mol. The normalized spacial score (nSPS) is 19.9. The maximum atomic E-state index is 13.1.